The van der Waals surface area contributed by atoms with Gasteiger partial charge in [0.05, 0.1) is 6.10 Å². The third-order valence-corrected chi connectivity index (χ3v) is 5.52. The first kappa shape index (κ1) is 21.8. The molecule has 0 radical (unpaired) electrons. The van der Waals surface area contributed by atoms with Gasteiger partial charge in [-0.15, -0.1) is 0 Å². The lowest BCUT2D eigenvalue weighted by molar-refractivity contribution is -0.147. The van der Waals surface area contributed by atoms with Crippen LogP contribution in [0, 0.1) is 11.3 Å². The molecule has 3 N–H and O–H groups in total. The number of ketones is 1. The molecule has 25 heavy (non-hydrogen) atoms. The van der Waals surface area contributed by atoms with Gasteiger partial charge >= 0.3 is 5.97 Å². The van der Waals surface area contributed by atoms with E-state index in [2.05, 4.69) is 6.92 Å². The molecule has 5 heteroatoms. The number of carbonyl (C=O) groups is 2. The molecule has 0 aromatic carbocycles. The van der Waals surface area contributed by atoms with E-state index >= 15 is 0 Å². The Morgan fingerprint density at radius 2 is 1.92 bits per heavy atom. The summed E-state index contributed by atoms with van der Waals surface area (Å²) in [5.74, 6) is -0.812. The Bertz CT molecular complexity index is 459. The van der Waals surface area contributed by atoms with Crippen molar-refractivity contribution < 1.29 is 24.9 Å². The number of carboxylic acid groups (broad SMARTS) is 1. The van der Waals surface area contributed by atoms with Crippen molar-refractivity contribution >= 4 is 11.8 Å². The predicted molar refractivity (Wildman–Crippen MR) is 97.2 cm³/mol. The maximum absolute atomic E-state index is 12.4. The lowest BCUT2D eigenvalue weighted by Crippen LogP contribution is -2.28. The number of aliphatic hydroxyl groups is 2. The van der Waals surface area contributed by atoms with E-state index in [-0.39, 0.29) is 18.1 Å². The fraction of sp³-hybridized carbons (Fsp3) is 0.800. The summed E-state index contributed by atoms with van der Waals surface area (Å²) < 4.78 is 0. The molecule has 0 aliphatic heterocycles. The van der Waals surface area contributed by atoms with Crippen molar-refractivity contribution in [3.63, 3.8) is 0 Å². The van der Waals surface area contributed by atoms with Crippen LogP contribution in [-0.4, -0.2) is 39.3 Å². The van der Waals surface area contributed by atoms with Crippen molar-refractivity contribution in [2.24, 2.45) is 11.3 Å². The summed E-state index contributed by atoms with van der Waals surface area (Å²) in [7, 11) is 0. The predicted octanol–water partition coefficient (Wildman–Crippen LogP) is 3.48. The first-order valence-electron chi connectivity index (χ1n) is 9.61. The molecule has 2 unspecified atom stereocenters. The Morgan fingerprint density at radius 1 is 1.24 bits per heavy atom. The number of hydrogen-bond donors (Lipinski definition) is 3. The largest absolute Gasteiger partial charge is 0.479 e. The molecule has 0 saturated heterocycles. The minimum atomic E-state index is -1.32. The van der Waals surface area contributed by atoms with E-state index in [1.54, 1.807) is 0 Å². The van der Waals surface area contributed by atoms with Crippen LogP contribution in [0.3, 0.4) is 0 Å². The van der Waals surface area contributed by atoms with Gasteiger partial charge in [0.2, 0.25) is 0 Å². The standard InChI is InChI=1S/C20H34O5/c1-3-4-5-8-16(21)12-10-15-11-13-18(23)20(15,2)14-7-6-9-17(22)19(24)25/h10,12,15-17,21-22H,3-9,11,13-14H2,1-2H3,(H,24,25)/t15-,16?,17?,20+/m0/s1. The first-order valence-corrected chi connectivity index (χ1v) is 9.61. The van der Waals surface area contributed by atoms with Gasteiger partial charge in [0.1, 0.15) is 5.78 Å². The van der Waals surface area contributed by atoms with E-state index in [0.717, 1.165) is 38.5 Å². The molecule has 1 rings (SSSR count). The number of unbranched alkanes of at least 4 members (excludes halogenated alkanes) is 3. The average molecular weight is 354 g/mol. The molecular weight excluding hydrogens is 320 g/mol. The average Bonchev–Trinajstić information content (AvgIpc) is 2.85. The molecular formula is C20H34O5. The van der Waals surface area contributed by atoms with Gasteiger partial charge in [-0.25, -0.2) is 4.79 Å². The number of allylic oxidation sites excluding steroid dienone is 1. The van der Waals surface area contributed by atoms with Crippen LogP contribution >= 0.6 is 0 Å². The molecule has 1 fully saturated rings. The molecule has 1 aliphatic rings. The van der Waals surface area contributed by atoms with Gasteiger partial charge in [0, 0.05) is 11.8 Å². The quantitative estimate of drug-likeness (QED) is 0.368. The van der Waals surface area contributed by atoms with Gasteiger partial charge in [-0.3, -0.25) is 4.79 Å². The van der Waals surface area contributed by atoms with Crippen molar-refractivity contribution in [3.8, 4) is 0 Å². The van der Waals surface area contributed by atoms with Crippen LogP contribution in [0.1, 0.15) is 78.1 Å². The molecule has 4 atom stereocenters. The van der Waals surface area contributed by atoms with Crippen molar-refractivity contribution in [1.29, 1.82) is 0 Å². The second-order valence-corrected chi connectivity index (χ2v) is 7.53. The topological polar surface area (TPSA) is 94.8 Å². The van der Waals surface area contributed by atoms with Gasteiger partial charge in [-0.05, 0) is 31.6 Å². The summed E-state index contributed by atoms with van der Waals surface area (Å²) in [6, 6.07) is 0. The van der Waals surface area contributed by atoms with Crippen molar-refractivity contribution in [2.75, 3.05) is 0 Å². The summed E-state index contributed by atoms with van der Waals surface area (Å²) in [5, 5.41) is 28.0. The number of carbonyl (C=O) groups excluding carboxylic acids is 1. The molecule has 0 aromatic heterocycles. The van der Waals surface area contributed by atoms with Gasteiger partial charge in [0.15, 0.2) is 6.10 Å². The summed E-state index contributed by atoms with van der Waals surface area (Å²) in [6.45, 7) is 4.11. The number of aliphatic carboxylic acids is 1. The molecule has 5 nitrogen and oxygen atoms in total. The monoisotopic (exact) mass is 354 g/mol. The Hall–Kier alpha value is -1.20. The number of Topliss-reactive ketones (excluding diaryl/α,β-unsaturated/α-hetero) is 1. The molecule has 0 spiro atoms. The summed E-state index contributed by atoms with van der Waals surface area (Å²) >= 11 is 0. The van der Waals surface area contributed by atoms with Crippen LogP contribution < -0.4 is 0 Å². The Kier molecular flexibility index (Phi) is 9.36. The highest BCUT2D eigenvalue weighted by molar-refractivity contribution is 5.87. The van der Waals surface area contributed by atoms with E-state index < -0.39 is 23.6 Å². The third kappa shape index (κ3) is 6.90. The highest BCUT2D eigenvalue weighted by Crippen LogP contribution is 2.45. The maximum Gasteiger partial charge on any atom is 0.332 e. The molecule has 0 amide bonds. The van der Waals surface area contributed by atoms with Gasteiger partial charge in [0.25, 0.3) is 0 Å². The number of hydrogen-bond acceptors (Lipinski definition) is 4. The van der Waals surface area contributed by atoms with Crippen LogP contribution in [0.4, 0.5) is 0 Å². The van der Waals surface area contributed by atoms with Crippen LogP contribution in [0.2, 0.25) is 0 Å². The van der Waals surface area contributed by atoms with Crippen molar-refractivity contribution in [2.45, 2.75) is 90.3 Å². The third-order valence-electron chi connectivity index (χ3n) is 5.52. The highest BCUT2D eigenvalue weighted by atomic mass is 16.4. The second kappa shape index (κ2) is 10.7. The first-order chi connectivity index (χ1) is 11.8. The SMILES string of the molecule is CCCCCC(O)C=C[C@H]1CCC(=O)[C@]1(C)CCCCC(O)C(=O)O. The van der Waals surface area contributed by atoms with Gasteiger partial charge < -0.3 is 15.3 Å². The van der Waals surface area contributed by atoms with Crippen molar-refractivity contribution in [1.82, 2.24) is 0 Å². The highest BCUT2D eigenvalue weighted by Gasteiger charge is 2.43. The normalized spacial score (nSPS) is 26.2. The van der Waals surface area contributed by atoms with Crippen LogP contribution in [-0.2, 0) is 9.59 Å². The smallest absolute Gasteiger partial charge is 0.332 e. The Balaban J connectivity index is 2.50. The molecule has 0 aromatic rings. The van der Waals surface area contributed by atoms with Crippen LogP contribution in [0.25, 0.3) is 0 Å². The number of carboxylic acids is 1. The summed E-state index contributed by atoms with van der Waals surface area (Å²) in [5.41, 5.74) is -0.437. The van der Waals surface area contributed by atoms with E-state index in [9.17, 15) is 19.8 Å². The zero-order valence-corrected chi connectivity index (χ0v) is 15.6. The number of aliphatic hydroxyl groups excluding tert-OH is 2. The number of rotatable bonds is 12. The fourth-order valence-corrected chi connectivity index (χ4v) is 3.65. The minimum Gasteiger partial charge on any atom is -0.479 e. The lowest BCUT2D eigenvalue weighted by Gasteiger charge is -2.28. The van der Waals surface area contributed by atoms with E-state index in [0.29, 0.717) is 19.3 Å². The molecule has 1 saturated carbocycles. The maximum atomic E-state index is 12.4. The zero-order chi connectivity index (χ0) is 18.9. The Morgan fingerprint density at radius 3 is 2.56 bits per heavy atom. The van der Waals surface area contributed by atoms with E-state index in [1.807, 2.05) is 19.1 Å². The molecule has 144 valence electrons. The molecule has 0 bridgehead atoms. The fourth-order valence-electron chi connectivity index (χ4n) is 3.65. The lowest BCUT2D eigenvalue weighted by atomic mass is 9.74. The van der Waals surface area contributed by atoms with Gasteiger partial charge in [-0.2, -0.15) is 0 Å². The summed E-state index contributed by atoms with van der Waals surface area (Å²) in [6.07, 6.45) is 9.69. The molecule has 1 aliphatic carbocycles. The zero-order valence-electron chi connectivity index (χ0n) is 15.6. The Labute approximate surface area is 151 Å². The second-order valence-electron chi connectivity index (χ2n) is 7.53. The summed E-state index contributed by atoms with van der Waals surface area (Å²) in [4.78, 5) is 23.0. The van der Waals surface area contributed by atoms with Gasteiger partial charge in [-0.1, -0.05) is 58.1 Å². The van der Waals surface area contributed by atoms with Crippen LogP contribution in [0.15, 0.2) is 12.2 Å². The van der Waals surface area contributed by atoms with Crippen molar-refractivity contribution in [3.05, 3.63) is 12.2 Å². The molecule has 0 heterocycles. The minimum absolute atomic E-state index is 0.130. The van der Waals surface area contributed by atoms with Crippen LogP contribution in [0.5, 0.6) is 0 Å². The van der Waals surface area contributed by atoms with E-state index in [1.165, 1.54) is 0 Å². The van der Waals surface area contributed by atoms with E-state index in [4.69, 9.17) is 5.11 Å².